The topological polar surface area (TPSA) is 79.3 Å². The van der Waals surface area contributed by atoms with Crippen LogP contribution in [-0.2, 0) is 19.1 Å². The molecule has 0 N–H and O–H groups in total. The minimum Gasteiger partial charge on any atom is -0.458 e. The Morgan fingerprint density at radius 1 is 1.03 bits per heavy atom. The predicted octanol–water partition coefficient (Wildman–Crippen LogP) is 3.05. The van der Waals surface area contributed by atoms with Gasteiger partial charge in [-0.1, -0.05) is 30.3 Å². The van der Waals surface area contributed by atoms with Gasteiger partial charge in [0.2, 0.25) is 11.8 Å². The fraction of sp³-hybridized carbons (Fsp3) is 0.333. The lowest BCUT2D eigenvalue weighted by atomic mass is 9.85. The highest BCUT2D eigenvalue weighted by Gasteiger charge is 2.66. The van der Waals surface area contributed by atoms with Crippen LogP contribution in [0.1, 0.15) is 37.9 Å². The third-order valence-corrected chi connectivity index (χ3v) is 6.01. The van der Waals surface area contributed by atoms with E-state index in [1.54, 1.807) is 27.0 Å². The van der Waals surface area contributed by atoms with Crippen molar-refractivity contribution in [2.45, 2.75) is 38.5 Å². The number of esters is 1. The quantitative estimate of drug-likeness (QED) is 0.535. The Balaban J connectivity index is 1.63. The smallest absolute Gasteiger partial charge is 0.331 e. The zero-order valence-corrected chi connectivity index (χ0v) is 17.9. The van der Waals surface area contributed by atoms with Gasteiger partial charge in [0.1, 0.15) is 11.4 Å². The second-order valence-corrected chi connectivity index (χ2v) is 9.22. The molecule has 164 valence electrons. The number of halogens is 1. The van der Waals surface area contributed by atoms with Crippen molar-refractivity contribution < 1.29 is 23.5 Å². The number of imide groups is 1. The van der Waals surface area contributed by atoms with Crippen molar-refractivity contribution in [1.82, 2.24) is 5.01 Å². The average Bonchev–Trinajstić information content (AvgIpc) is 3.20. The second kappa shape index (κ2) is 6.98. The summed E-state index contributed by atoms with van der Waals surface area (Å²) in [5.41, 5.74) is 1.000. The fourth-order valence-electron chi connectivity index (χ4n) is 4.87. The van der Waals surface area contributed by atoms with Crippen LogP contribution in [0.2, 0.25) is 0 Å². The van der Waals surface area contributed by atoms with Gasteiger partial charge in [-0.05, 0) is 50.1 Å². The number of nitrogens with zero attached hydrogens (tertiary/aromatic N) is 3. The van der Waals surface area contributed by atoms with Crippen LogP contribution in [0, 0.1) is 17.7 Å². The van der Waals surface area contributed by atoms with Crippen molar-refractivity contribution in [2.24, 2.45) is 16.9 Å². The van der Waals surface area contributed by atoms with Crippen LogP contribution in [-0.4, -0.2) is 40.7 Å². The Bertz CT molecular complexity index is 1170. The predicted molar refractivity (Wildman–Crippen MR) is 114 cm³/mol. The highest BCUT2D eigenvalue weighted by molar-refractivity contribution is 6.23. The third-order valence-electron chi connectivity index (χ3n) is 6.01. The monoisotopic (exact) mass is 435 g/mol. The van der Waals surface area contributed by atoms with Gasteiger partial charge in [-0.2, -0.15) is 5.10 Å². The number of amides is 2. The van der Waals surface area contributed by atoms with Gasteiger partial charge in [-0.3, -0.25) is 14.6 Å². The van der Waals surface area contributed by atoms with Gasteiger partial charge in [0.05, 0.1) is 29.8 Å². The van der Waals surface area contributed by atoms with Gasteiger partial charge >= 0.3 is 5.97 Å². The fourth-order valence-corrected chi connectivity index (χ4v) is 4.87. The number of ether oxygens (including phenoxy) is 1. The summed E-state index contributed by atoms with van der Waals surface area (Å²) in [5.74, 6) is -4.04. The molecule has 3 heterocycles. The number of carbonyl (C=O) groups is 3. The minimum atomic E-state index is -1.07. The van der Waals surface area contributed by atoms with E-state index in [0.29, 0.717) is 0 Å². The first-order valence-corrected chi connectivity index (χ1v) is 10.4. The van der Waals surface area contributed by atoms with Crippen LogP contribution in [0.3, 0.4) is 0 Å². The largest absolute Gasteiger partial charge is 0.458 e. The summed E-state index contributed by atoms with van der Waals surface area (Å²) < 4.78 is 19.5. The van der Waals surface area contributed by atoms with Crippen molar-refractivity contribution >= 4 is 29.7 Å². The maximum atomic E-state index is 13.9. The molecule has 7 nitrogen and oxygen atoms in total. The van der Waals surface area contributed by atoms with Gasteiger partial charge in [-0.25, -0.2) is 14.1 Å². The lowest BCUT2D eigenvalue weighted by Gasteiger charge is -2.34. The lowest BCUT2D eigenvalue weighted by molar-refractivity contribution is -0.163. The second-order valence-electron chi connectivity index (χ2n) is 9.22. The van der Waals surface area contributed by atoms with E-state index in [-0.39, 0.29) is 5.69 Å². The summed E-state index contributed by atoms with van der Waals surface area (Å²) in [4.78, 5) is 41.4. The molecule has 2 aromatic carbocycles. The van der Waals surface area contributed by atoms with Crippen LogP contribution in [0.15, 0.2) is 53.6 Å². The molecule has 2 amide bonds. The first-order valence-electron chi connectivity index (χ1n) is 10.4. The number of carbonyl (C=O) groups excluding carboxylic acids is 3. The molecule has 0 aromatic heterocycles. The molecular weight excluding hydrogens is 413 g/mol. The molecule has 4 atom stereocenters. The number of rotatable bonds is 2. The summed E-state index contributed by atoms with van der Waals surface area (Å²) in [6, 6.07) is 11.1. The molecule has 0 spiro atoms. The van der Waals surface area contributed by atoms with E-state index in [9.17, 15) is 18.8 Å². The Kier molecular flexibility index (Phi) is 4.44. The molecule has 4 unspecified atom stereocenters. The summed E-state index contributed by atoms with van der Waals surface area (Å²) in [7, 11) is 0. The van der Waals surface area contributed by atoms with Gasteiger partial charge in [0.15, 0.2) is 6.04 Å². The Hall–Kier alpha value is -3.55. The Morgan fingerprint density at radius 3 is 2.47 bits per heavy atom. The molecule has 3 aliphatic heterocycles. The molecule has 3 aliphatic rings. The summed E-state index contributed by atoms with van der Waals surface area (Å²) in [6.07, 6.45) is 1.63. The minimum absolute atomic E-state index is 0.150. The van der Waals surface area contributed by atoms with Crippen molar-refractivity contribution in [3.63, 3.8) is 0 Å². The van der Waals surface area contributed by atoms with E-state index in [2.05, 4.69) is 5.10 Å². The van der Waals surface area contributed by atoms with E-state index in [1.165, 1.54) is 23.2 Å². The standard InChI is InChI=1S/C24H22FN3O4/c1-24(2,3)32-23(31)20-18-17(19-16-10-5-4-7-13(16)12-26-28(19)20)21(29)27(22(18)30)15-9-6-8-14(25)11-15/h4-12,17-20H,1-3H3. The molecule has 0 radical (unpaired) electrons. The lowest BCUT2D eigenvalue weighted by Crippen LogP contribution is -2.46. The maximum absolute atomic E-state index is 13.9. The van der Waals surface area contributed by atoms with Crippen LogP contribution >= 0.6 is 0 Å². The summed E-state index contributed by atoms with van der Waals surface area (Å²) in [5, 5.41) is 5.99. The number of hydrazone groups is 1. The molecule has 2 aromatic rings. The molecule has 0 aliphatic carbocycles. The van der Waals surface area contributed by atoms with E-state index in [0.717, 1.165) is 22.1 Å². The Labute approximate surface area is 184 Å². The maximum Gasteiger partial charge on any atom is 0.331 e. The first-order chi connectivity index (χ1) is 15.2. The van der Waals surface area contributed by atoms with Crippen molar-refractivity contribution in [2.75, 3.05) is 4.90 Å². The molecule has 0 saturated carbocycles. The molecule has 8 heteroatoms. The molecule has 32 heavy (non-hydrogen) atoms. The molecule has 5 rings (SSSR count). The molecule has 2 fully saturated rings. The van der Waals surface area contributed by atoms with Crippen LogP contribution in [0.4, 0.5) is 10.1 Å². The van der Waals surface area contributed by atoms with E-state index < -0.39 is 53.1 Å². The van der Waals surface area contributed by atoms with E-state index in [4.69, 9.17) is 4.74 Å². The number of benzene rings is 2. The molecule has 0 bridgehead atoms. The van der Waals surface area contributed by atoms with E-state index in [1.807, 2.05) is 24.3 Å². The average molecular weight is 435 g/mol. The SMILES string of the molecule is CC(C)(C)OC(=O)C1C2C(=O)N(c3cccc(F)c3)C(=O)C2C2c3ccccc3C=NN12. The third kappa shape index (κ3) is 3.01. The number of fused-ring (bicyclic) bond motifs is 5. The highest BCUT2D eigenvalue weighted by atomic mass is 19.1. The number of hydrogen-bond acceptors (Lipinski definition) is 6. The van der Waals surface area contributed by atoms with Crippen molar-refractivity contribution in [1.29, 1.82) is 0 Å². The number of hydrogen-bond donors (Lipinski definition) is 0. The van der Waals surface area contributed by atoms with Gasteiger partial charge < -0.3 is 4.74 Å². The zero-order chi connectivity index (χ0) is 22.8. The van der Waals surface area contributed by atoms with Crippen molar-refractivity contribution in [3.8, 4) is 0 Å². The zero-order valence-electron chi connectivity index (χ0n) is 17.9. The first kappa shape index (κ1) is 20.4. The number of anilines is 1. The normalized spacial score (nSPS) is 26.1. The summed E-state index contributed by atoms with van der Waals surface area (Å²) in [6.45, 7) is 5.22. The van der Waals surface area contributed by atoms with Crippen LogP contribution in [0.5, 0.6) is 0 Å². The molecule has 2 saturated heterocycles. The van der Waals surface area contributed by atoms with Gasteiger partial charge in [0, 0.05) is 0 Å². The van der Waals surface area contributed by atoms with Crippen LogP contribution < -0.4 is 4.90 Å². The summed E-state index contributed by atoms with van der Waals surface area (Å²) >= 11 is 0. The van der Waals surface area contributed by atoms with Crippen LogP contribution in [0.25, 0.3) is 0 Å². The highest BCUT2D eigenvalue weighted by Crippen LogP contribution is 2.52. The van der Waals surface area contributed by atoms with E-state index >= 15 is 0 Å². The van der Waals surface area contributed by atoms with Gasteiger partial charge in [0.25, 0.3) is 0 Å². The Morgan fingerprint density at radius 2 is 1.75 bits per heavy atom. The van der Waals surface area contributed by atoms with Gasteiger partial charge in [-0.15, -0.1) is 0 Å². The van der Waals surface area contributed by atoms with Crippen molar-refractivity contribution in [3.05, 3.63) is 65.5 Å². The molecular formula is C24H22FN3O4.